The van der Waals surface area contributed by atoms with Crippen molar-refractivity contribution in [3.63, 3.8) is 0 Å². The topological polar surface area (TPSA) is 24.9 Å². The second-order valence-corrected chi connectivity index (χ2v) is 6.09. The van der Waals surface area contributed by atoms with Gasteiger partial charge in [0.15, 0.2) is 0 Å². The minimum atomic E-state index is -0.258. The minimum Gasteiger partial charge on any atom is -0.309 e. The van der Waals surface area contributed by atoms with Gasteiger partial charge in [0.25, 0.3) is 0 Å². The van der Waals surface area contributed by atoms with E-state index in [4.69, 9.17) is 0 Å². The van der Waals surface area contributed by atoms with E-state index >= 15 is 0 Å². The lowest BCUT2D eigenvalue weighted by molar-refractivity contribution is 0.561. The summed E-state index contributed by atoms with van der Waals surface area (Å²) in [5, 5.41) is 6.28. The van der Waals surface area contributed by atoms with Gasteiger partial charge >= 0.3 is 0 Å². The Morgan fingerprint density at radius 3 is 2.95 bits per heavy atom. The molecule has 0 aliphatic heterocycles. The molecule has 1 unspecified atom stereocenters. The van der Waals surface area contributed by atoms with Crippen LogP contribution in [0.4, 0.5) is 4.39 Å². The molecule has 0 spiro atoms. The minimum absolute atomic E-state index is 0.227. The first kappa shape index (κ1) is 14.6. The van der Waals surface area contributed by atoms with Crippen LogP contribution in [0.1, 0.15) is 32.0 Å². The molecule has 0 aliphatic rings. The van der Waals surface area contributed by atoms with Crippen LogP contribution in [-0.2, 0) is 0 Å². The van der Waals surface area contributed by atoms with Gasteiger partial charge in [0, 0.05) is 17.0 Å². The second-order valence-electron chi connectivity index (χ2n) is 4.38. The SMILES string of the molecule is CCCNC(C)c1csc(-c2ccc(Br)c(F)c2)n1. The van der Waals surface area contributed by atoms with Gasteiger partial charge in [0.2, 0.25) is 0 Å². The number of thiazole rings is 1. The van der Waals surface area contributed by atoms with Gasteiger partial charge in [-0.05, 0) is 48.0 Å². The maximum absolute atomic E-state index is 13.5. The molecule has 1 heterocycles. The van der Waals surface area contributed by atoms with Gasteiger partial charge < -0.3 is 5.32 Å². The van der Waals surface area contributed by atoms with Crippen LogP contribution in [0.5, 0.6) is 0 Å². The molecule has 2 rings (SSSR count). The molecule has 0 saturated carbocycles. The Labute approximate surface area is 125 Å². The number of benzene rings is 1. The van der Waals surface area contributed by atoms with E-state index in [1.54, 1.807) is 17.4 Å². The number of rotatable bonds is 5. The predicted octanol–water partition coefficient (Wildman–Crippen LogP) is 4.77. The Morgan fingerprint density at radius 1 is 1.47 bits per heavy atom. The zero-order valence-electron chi connectivity index (χ0n) is 10.9. The Morgan fingerprint density at radius 2 is 2.26 bits per heavy atom. The molecule has 1 aromatic heterocycles. The van der Waals surface area contributed by atoms with Crippen LogP contribution >= 0.6 is 27.3 Å². The zero-order chi connectivity index (χ0) is 13.8. The molecule has 0 saturated heterocycles. The van der Waals surface area contributed by atoms with Gasteiger partial charge in [-0.2, -0.15) is 0 Å². The van der Waals surface area contributed by atoms with Gasteiger partial charge in [-0.15, -0.1) is 11.3 Å². The Kier molecular flexibility index (Phi) is 5.07. The normalized spacial score (nSPS) is 12.6. The third-order valence-electron chi connectivity index (χ3n) is 2.83. The largest absolute Gasteiger partial charge is 0.309 e. The summed E-state index contributed by atoms with van der Waals surface area (Å²) in [5.74, 6) is -0.258. The van der Waals surface area contributed by atoms with Crippen molar-refractivity contribution in [2.24, 2.45) is 0 Å². The number of hydrogen-bond acceptors (Lipinski definition) is 3. The zero-order valence-corrected chi connectivity index (χ0v) is 13.3. The lowest BCUT2D eigenvalue weighted by Gasteiger charge is -2.09. The Bertz CT molecular complexity index is 556. The number of aromatic nitrogens is 1. The maximum atomic E-state index is 13.5. The number of hydrogen-bond donors (Lipinski definition) is 1. The highest BCUT2D eigenvalue weighted by Crippen LogP contribution is 2.28. The molecule has 2 nitrogen and oxygen atoms in total. The molecule has 0 fully saturated rings. The molecule has 0 aliphatic carbocycles. The summed E-state index contributed by atoms with van der Waals surface area (Å²) in [6.07, 6.45) is 1.10. The fraction of sp³-hybridized carbons (Fsp3) is 0.357. The molecule has 0 bridgehead atoms. The fourth-order valence-electron chi connectivity index (χ4n) is 1.71. The standard InChI is InChI=1S/C14H16BrFN2S/c1-3-6-17-9(2)13-8-19-14(18-13)10-4-5-11(15)12(16)7-10/h4-5,7-9,17H,3,6H2,1-2H3. The second kappa shape index (κ2) is 6.59. The maximum Gasteiger partial charge on any atom is 0.138 e. The van der Waals surface area contributed by atoms with Gasteiger partial charge in [-0.1, -0.05) is 13.0 Å². The van der Waals surface area contributed by atoms with Gasteiger partial charge in [0.1, 0.15) is 10.8 Å². The van der Waals surface area contributed by atoms with Crippen molar-refractivity contribution in [3.05, 3.63) is 39.6 Å². The number of nitrogens with one attached hydrogen (secondary N) is 1. The van der Waals surface area contributed by atoms with Crippen molar-refractivity contribution in [2.75, 3.05) is 6.54 Å². The highest BCUT2D eigenvalue weighted by molar-refractivity contribution is 9.10. The summed E-state index contributed by atoms with van der Waals surface area (Å²) in [6, 6.07) is 5.33. The van der Waals surface area contributed by atoms with E-state index in [1.165, 1.54) is 6.07 Å². The molecule has 1 aromatic carbocycles. The van der Waals surface area contributed by atoms with Crippen LogP contribution in [0.2, 0.25) is 0 Å². The van der Waals surface area contributed by atoms with E-state index in [1.807, 2.05) is 11.4 Å². The fourth-order valence-corrected chi connectivity index (χ4v) is 2.87. The van der Waals surface area contributed by atoms with Crippen molar-refractivity contribution >= 4 is 27.3 Å². The molecule has 0 amide bonds. The molecule has 2 aromatic rings. The van der Waals surface area contributed by atoms with Crippen molar-refractivity contribution < 1.29 is 4.39 Å². The highest BCUT2D eigenvalue weighted by Gasteiger charge is 2.11. The molecule has 0 radical (unpaired) electrons. The average Bonchev–Trinajstić information content (AvgIpc) is 2.89. The Hall–Kier alpha value is -0.780. The first-order valence-corrected chi connectivity index (χ1v) is 7.93. The molecule has 102 valence electrons. The van der Waals surface area contributed by atoms with Gasteiger partial charge in [-0.3, -0.25) is 0 Å². The van der Waals surface area contributed by atoms with E-state index in [9.17, 15) is 4.39 Å². The monoisotopic (exact) mass is 342 g/mol. The molecule has 5 heteroatoms. The molecular weight excluding hydrogens is 327 g/mol. The van der Waals surface area contributed by atoms with Gasteiger partial charge in [-0.25, -0.2) is 9.37 Å². The van der Waals surface area contributed by atoms with E-state index in [-0.39, 0.29) is 11.9 Å². The summed E-state index contributed by atoms with van der Waals surface area (Å²) >= 11 is 4.70. The summed E-state index contributed by atoms with van der Waals surface area (Å²) in [4.78, 5) is 4.58. The number of nitrogens with zero attached hydrogens (tertiary/aromatic N) is 1. The molecule has 1 atom stereocenters. The van der Waals surface area contributed by atoms with E-state index < -0.39 is 0 Å². The van der Waals surface area contributed by atoms with Crippen LogP contribution in [0, 0.1) is 5.82 Å². The van der Waals surface area contributed by atoms with Crippen LogP contribution in [0.25, 0.3) is 10.6 Å². The first-order chi connectivity index (χ1) is 9.11. The lowest BCUT2D eigenvalue weighted by atomic mass is 10.2. The van der Waals surface area contributed by atoms with Crippen molar-refractivity contribution in [1.82, 2.24) is 10.3 Å². The summed E-state index contributed by atoms with van der Waals surface area (Å²) in [6.45, 7) is 5.20. The molecule has 1 N–H and O–H groups in total. The van der Waals surface area contributed by atoms with Gasteiger partial charge in [0.05, 0.1) is 10.2 Å². The number of halogens is 2. The Balaban J connectivity index is 2.18. The molecule has 19 heavy (non-hydrogen) atoms. The third-order valence-corrected chi connectivity index (χ3v) is 4.39. The third kappa shape index (κ3) is 3.61. The van der Waals surface area contributed by atoms with E-state index in [0.717, 1.165) is 29.2 Å². The first-order valence-electron chi connectivity index (χ1n) is 6.26. The van der Waals surface area contributed by atoms with Crippen LogP contribution in [0.15, 0.2) is 28.1 Å². The average molecular weight is 343 g/mol. The summed E-state index contributed by atoms with van der Waals surface area (Å²) in [7, 11) is 0. The van der Waals surface area contributed by atoms with Crippen molar-refractivity contribution in [1.29, 1.82) is 0 Å². The lowest BCUT2D eigenvalue weighted by Crippen LogP contribution is -2.19. The van der Waals surface area contributed by atoms with Crippen LogP contribution in [-0.4, -0.2) is 11.5 Å². The smallest absolute Gasteiger partial charge is 0.138 e. The van der Waals surface area contributed by atoms with Crippen LogP contribution < -0.4 is 5.32 Å². The summed E-state index contributed by atoms with van der Waals surface area (Å²) in [5.41, 5.74) is 1.83. The van der Waals surface area contributed by atoms with E-state index in [0.29, 0.717) is 4.47 Å². The van der Waals surface area contributed by atoms with Crippen molar-refractivity contribution in [2.45, 2.75) is 26.3 Å². The van der Waals surface area contributed by atoms with Crippen LogP contribution in [0.3, 0.4) is 0 Å². The van der Waals surface area contributed by atoms with Crippen molar-refractivity contribution in [3.8, 4) is 10.6 Å². The summed E-state index contributed by atoms with van der Waals surface area (Å²) < 4.78 is 14.0. The molecular formula is C14H16BrFN2S. The van der Waals surface area contributed by atoms with E-state index in [2.05, 4.69) is 40.1 Å². The highest BCUT2D eigenvalue weighted by atomic mass is 79.9. The quantitative estimate of drug-likeness (QED) is 0.846. The predicted molar refractivity (Wildman–Crippen MR) is 81.9 cm³/mol.